The molecule has 0 saturated carbocycles. The Bertz CT molecular complexity index is 385. The number of fused-ring (bicyclic) bond motifs is 1. The van der Waals surface area contributed by atoms with E-state index in [1.807, 2.05) is 0 Å². The van der Waals surface area contributed by atoms with Crippen molar-refractivity contribution in [3.8, 4) is 0 Å². The number of aromatic nitrogens is 3. The zero-order chi connectivity index (χ0) is 11.5. The molecule has 1 aromatic heterocycles. The summed E-state index contributed by atoms with van der Waals surface area (Å²) in [6, 6.07) is 0. The molecule has 1 aliphatic heterocycles. The molecule has 2 aliphatic rings. The van der Waals surface area contributed by atoms with E-state index in [9.17, 15) is 0 Å². The molecule has 1 fully saturated rings. The van der Waals surface area contributed by atoms with Crippen LogP contribution in [0.5, 0.6) is 0 Å². The van der Waals surface area contributed by atoms with E-state index < -0.39 is 0 Å². The Morgan fingerprint density at radius 2 is 1.94 bits per heavy atom. The maximum absolute atomic E-state index is 4.74. The van der Waals surface area contributed by atoms with Gasteiger partial charge in [0, 0.05) is 6.42 Å². The van der Waals surface area contributed by atoms with Gasteiger partial charge in [-0.1, -0.05) is 6.42 Å². The first-order chi connectivity index (χ1) is 8.42. The maximum Gasteiger partial charge on any atom is 0.151 e. The Morgan fingerprint density at radius 1 is 1.06 bits per heavy atom. The Kier molecular flexibility index (Phi) is 3.31. The lowest BCUT2D eigenvalue weighted by Gasteiger charge is -2.08. The summed E-state index contributed by atoms with van der Waals surface area (Å²) < 4.78 is 0. The normalized spacial score (nSPS) is 24.4. The molecule has 92 valence electrons. The summed E-state index contributed by atoms with van der Waals surface area (Å²) in [6.45, 7) is 2.25. The molecule has 0 bridgehead atoms. The SMILES string of the molecule is C1CCc2nnc(CC3CCNC3)nc2CC1. The fourth-order valence-electron chi connectivity index (χ4n) is 2.81. The van der Waals surface area contributed by atoms with E-state index in [0.29, 0.717) is 5.92 Å². The van der Waals surface area contributed by atoms with Crippen LogP contribution in [0.4, 0.5) is 0 Å². The van der Waals surface area contributed by atoms with Crippen LogP contribution < -0.4 is 5.32 Å². The van der Waals surface area contributed by atoms with E-state index in [1.165, 1.54) is 31.4 Å². The van der Waals surface area contributed by atoms with Gasteiger partial charge in [-0.2, -0.15) is 5.10 Å². The molecule has 4 heteroatoms. The van der Waals surface area contributed by atoms with Crippen molar-refractivity contribution in [3.05, 3.63) is 17.2 Å². The topological polar surface area (TPSA) is 50.7 Å². The minimum absolute atomic E-state index is 0.709. The van der Waals surface area contributed by atoms with Gasteiger partial charge in [0.2, 0.25) is 0 Å². The van der Waals surface area contributed by atoms with E-state index in [4.69, 9.17) is 4.98 Å². The summed E-state index contributed by atoms with van der Waals surface area (Å²) in [5.74, 6) is 1.67. The molecule has 1 unspecified atom stereocenters. The van der Waals surface area contributed by atoms with Crippen LogP contribution >= 0.6 is 0 Å². The molecule has 1 N–H and O–H groups in total. The van der Waals surface area contributed by atoms with Gasteiger partial charge >= 0.3 is 0 Å². The van der Waals surface area contributed by atoms with Crippen LogP contribution in [-0.4, -0.2) is 28.3 Å². The van der Waals surface area contributed by atoms with Crippen molar-refractivity contribution >= 4 is 0 Å². The fraction of sp³-hybridized carbons (Fsp3) is 0.769. The molecule has 1 aromatic rings. The van der Waals surface area contributed by atoms with E-state index in [2.05, 4.69) is 15.5 Å². The van der Waals surface area contributed by atoms with Gasteiger partial charge < -0.3 is 5.32 Å². The van der Waals surface area contributed by atoms with Crippen molar-refractivity contribution in [1.82, 2.24) is 20.5 Å². The van der Waals surface area contributed by atoms with Gasteiger partial charge in [-0.15, -0.1) is 5.10 Å². The number of hydrogen-bond donors (Lipinski definition) is 1. The van der Waals surface area contributed by atoms with Crippen LogP contribution in [0, 0.1) is 5.92 Å². The summed E-state index contributed by atoms with van der Waals surface area (Å²) in [5.41, 5.74) is 2.37. The molecule has 4 nitrogen and oxygen atoms in total. The summed E-state index contributed by atoms with van der Waals surface area (Å²) in [5, 5.41) is 12.1. The third-order valence-corrected chi connectivity index (χ3v) is 3.84. The molecule has 1 atom stereocenters. The molecule has 1 saturated heterocycles. The molecular formula is C13H20N4. The van der Waals surface area contributed by atoms with Crippen molar-refractivity contribution in [2.45, 2.75) is 44.9 Å². The lowest BCUT2D eigenvalue weighted by atomic mass is 10.0. The van der Waals surface area contributed by atoms with E-state index >= 15 is 0 Å². The minimum atomic E-state index is 0.709. The summed E-state index contributed by atoms with van der Waals surface area (Å²) in [6.07, 6.45) is 8.22. The fourth-order valence-corrected chi connectivity index (χ4v) is 2.81. The second-order valence-corrected chi connectivity index (χ2v) is 5.25. The number of hydrogen-bond acceptors (Lipinski definition) is 4. The average molecular weight is 232 g/mol. The third-order valence-electron chi connectivity index (χ3n) is 3.84. The highest BCUT2D eigenvalue weighted by Crippen LogP contribution is 2.18. The first-order valence-corrected chi connectivity index (χ1v) is 6.84. The summed E-state index contributed by atoms with van der Waals surface area (Å²) in [4.78, 5) is 4.74. The Labute approximate surface area is 102 Å². The average Bonchev–Trinajstić information content (AvgIpc) is 2.73. The first kappa shape index (κ1) is 11.1. The number of rotatable bonds is 2. The van der Waals surface area contributed by atoms with Crippen molar-refractivity contribution in [3.63, 3.8) is 0 Å². The van der Waals surface area contributed by atoms with Gasteiger partial charge in [0.25, 0.3) is 0 Å². The van der Waals surface area contributed by atoms with E-state index in [1.54, 1.807) is 0 Å². The highest BCUT2D eigenvalue weighted by molar-refractivity contribution is 5.12. The van der Waals surface area contributed by atoms with Crippen molar-refractivity contribution in [1.29, 1.82) is 0 Å². The number of nitrogens with zero attached hydrogens (tertiary/aromatic N) is 3. The van der Waals surface area contributed by atoms with Gasteiger partial charge in [0.15, 0.2) is 5.82 Å². The largest absolute Gasteiger partial charge is 0.316 e. The van der Waals surface area contributed by atoms with Gasteiger partial charge in [-0.25, -0.2) is 4.98 Å². The molecule has 0 radical (unpaired) electrons. The molecule has 1 aliphatic carbocycles. The molecule has 17 heavy (non-hydrogen) atoms. The van der Waals surface area contributed by atoms with Gasteiger partial charge in [0.05, 0.1) is 11.4 Å². The second kappa shape index (κ2) is 5.08. The molecule has 0 aromatic carbocycles. The molecule has 2 heterocycles. The standard InChI is InChI=1S/C13H20N4/c1-2-4-11-12(5-3-1)16-17-13(15-11)8-10-6-7-14-9-10/h10,14H,1-9H2. The van der Waals surface area contributed by atoms with Crippen molar-refractivity contribution < 1.29 is 0 Å². The minimum Gasteiger partial charge on any atom is -0.316 e. The van der Waals surface area contributed by atoms with Crippen LogP contribution in [0.2, 0.25) is 0 Å². The van der Waals surface area contributed by atoms with E-state index in [0.717, 1.165) is 43.9 Å². The lowest BCUT2D eigenvalue weighted by molar-refractivity contribution is 0.550. The quantitative estimate of drug-likeness (QED) is 0.781. The van der Waals surface area contributed by atoms with Gasteiger partial charge in [-0.3, -0.25) is 0 Å². The first-order valence-electron chi connectivity index (χ1n) is 6.84. The van der Waals surface area contributed by atoms with Crippen LogP contribution in [-0.2, 0) is 19.3 Å². The predicted octanol–water partition coefficient (Wildman–Crippen LogP) is 1.29. The van der Waals surface area contributed by atoms with Crippen LogP contribution in [0.3, 0.4) is 0 Å². The van der Waals surface area contributed by atoms with Crippen molar-refractivity contribution in [2.75, 3.05) is 13.1 Å². The smallest absolute Gasteiger partial charge is 0.151 e. The highest BCUT2D eigenvalue weighted by atomic mass is 15.2. The van der Waals surface area contributed by atoms with E-state index in [-0.39, 0.29) is 0 Å². The summed E-state index contributed by atoms with van der Waals surface area (Å²) >= 11 is 0. The Balaban J connectivity index is 1.74. The third kappa shape index (κ3) is 2.63. The van der Waals surface area contributed by atoms with Crippen molar-refractivity contribution in [2.24, 2.45) is 5.92 Å². The highest BCUT2D eigenvalue weighted by Gasteiger charge is 2.18. The molecule has 3 rings (SSSR count). The molecule has 0 amide bonds. The zero-order valence-corrected chi connectivity index (χ0v) is 10.3. The maximum atomic E-state index is 4.74. The second-order valence-electron chi connectivity index (χ2n) is 5.25. The number of nitrogens with one attached hydrogen (secondary N) is 1. The van der Waals surface area contributed by atoms with Crippen LogP contribution in [0.25, 0.3) is 0 Å². The number of aryl methyl sites for hydroxylation is 2. The van der Waals surface area contributed by atoms with Gasteiger partial charge in [0.1, 0.15) is 0 Å². The van der Waals surface area contributed by atoms with Crippen LogP contribution in [0.1, 0.15) is 42.9 Å². The monoisotopic (exact) mass is 232 g/mol. The molecule has 0 spiro atoms. The summed E-state index contributed by atoms with van der Waals surface area (Å²) in [7, 11) is 0. The lowest BCUT2D eigenvalue weighted by Crippen LogP contribution is -2.14. The van der Waals surface area contributed by atoms with Gasteiger partial charge in [-0.05, 0) is 51.1 Å². The Hall–Kier alpha value is -1.03. The zero-order valence-electron chi connectivity index (χ0n) is 10.3. The Morgan fingerprint density at radius 3 is 2.76 bits per heavy atom. The molecular weight excluding hydrogens is 212 g/mol. The van der Waals surface area contributed by atoms with Crippen LogP contribution in [0.15, 0.2) is 0 Å². The predicted molar refractivity (Wildman–Crippen MR) is 65.8 cm³/mol.